The lowest BCUT2D eigenvalue weighted by molar-refractivity contribution is -0.149. The number of hydrogen-bond donors (Lipinski definition) is 2. The van der Waals surface area contributed by atoms with Gasteiger partial charge in [-0.15, -0.1) is 0 Å². The molecule has 0 aliphatic carbocycles. The Balaban J connectivity index is 1.96. The lowest BCUT2D eigenvalue weighted by Gasteiger charge is -2.31. The van der Waals surface area contributed by atoms with E-state index < -0.39 is 0 Å². The van der Waals surface area contributed by atoms with Gasteiger partial charge in [0.15, 0.2) is 0 Å². The Bertz CT molecular complexity index is 694. The van der Waals surface area contributed by atoms with Crippen LogP contribution in [-0.2, 0) is 14.3 Å². The van der Waals surface area contributed by atoms with E-state index in [-0.39, 0.29) is 29.7 Å². The van der Waals surface area contributed by atoms with Crippen LogP contribution in [0.5, 0.6) is 0 Å². The topological polar surface area (TPSA) is 87.7 Å². The van der Waals surface area contributed by atoms with Crippen molar-refractivity contribution in [2.75, 3.05) is 30.3 Å². The Morgan fingerprint density at radius 3 is 2.44 bits per heavy atom. The lowest BCUT2D eigenvalue weighted by Crippen LogP contribution is -2.42. The summed E-state index contributed by atoms with van der Waals surface area (Å²) in [7, 11) is 0. The van der Waals surface area contributed by atoms with E-state index >= 15 is 0 Å². The van der Waals surface area contributed by atoms with Crippen LogP contribution in [-0.4, -0.2) is 42.5 Å². The first-order valence-corrected chi connectivity index (χ1v) is 9.45. The molecule has 0 atom stereocenters. The first-order chi connectivity index (χ1) is 12.8. The first-order valence-electron chi connectivity index (χ1n) is 9.45. The van der Waals surface area contributed by atoms with Crippen molar-refractivity contribution in [3.63, 3.8) is 0 Å². The maximum absolute atomic E-state index is 12.6. The molecule has 27 heavy (non-hydrogen) atoms. The molecule has 148 valence electrons. The highest BCUT2D eigenvalue weighted by molar-refractivity contribution is 5.95. The second-order valence-electron chi connectivity index (χ2n) is 7.12. The first kappa shape index (κ1) is 20.7. The normalized spacial score (nSPS) is 14.8. The molecule has 1 aromatic rings. The second kappa shape index (κ2) is 9.39. The van der Waals surface area contributed by atoms with E-state index in [0.717, 1.165) is 5.56 Å². The molecule has 7 nitrogen and oxygen atoms in total. The molecule has 1 fully saturated rings. The van der Waals surface area contributed by atoms with E-state index in [1.54, 1.807) is 17.9 Å². The van der Waals surface area contributed by atoms with Crippen molar-refractivity contribution in [1.29, 1.82) is 0 Å². The molecule has 0 aromatic heterocycles. The Morgan fingerprint density at radius 2 is 1.85 bits per heavy atom. The third kappa shape index (κ3) is 5.70. The standard InChI is InChI=1S/C20H29N3O4/c1-5-27-19(25)15-8-10-23(11-9-15)20(26)22-17-12-16(7-6-14(17)4)21-18(24)13(2)3/h6-7,12-13,15H,5,8-11H2,1-4H3,(H,21,24)(H,22,26). The number of ether oxygens (including phenoxy) is 1. The van der Waals surface area contributed by atoms with Crippen molar-refractivity contribution in [3.8, 4) is 0 Å². The second-order valence-corrected chi connectivity index (χ2v) is 7.12. The van der Waals surface area contributed by atoms with Gasteiger partial charge in [-0.2, -0.15) is 0 Å². The summed E-state index contributed by atoms with van der Waals surface area (Å²) in [5.41, 5.74) is 2.22. The number of hydrogen-bond acceptors (Lipinski definition) is 4. The highest BCUT2D eigenvalue weighted by atomic mass is 16.5. The summed E-state index contributed by atoms with van der Waals surface area (Å²) in [5.74, 6) is -0.505. The number of rotatable bonds is 5. The van der Waals surface area contributed by atoms with E-state index in [1.807, 2.05) is 32.9 Å². The molecule has 1 saturated heterocycles. The molecule has 0 saturated carbocycles. The van der Waals surface area contributed by atoms with Gasteiger partial charge in [0.25, 0.3) is 0 Å². The lowest BCUT2D eigenvalue weighted by atomic mass is 9.97. The predicted octanol–water partition coefficient (Wildman–Crippen LogP) is 3.40. The fraction of sp³-hybridized carbons (Fsp3) is 0.550. The number of carbonyl (C=O) groups is 3. The number of carbonyl (C=O) groups excluding carboxylic acids is 3. The van der Waals surface area contributed by atoms with E-state index in [4.69, 9.17) is 4.74 Å². The van der Waals surface area contributed by atoms with Gasteiger partial charge in [-0.25, -0.2) is 4.79 Å². The van der Waals surface area contributed by atoms with Gasteiger partial charge in [0.05, 0.1) is 12.5 Å². The number of urea groups is 1. The van der Waals surface area contributed by atoms with E-state index in [2.05, 4.69) is 10.6 Å². The van der Waals surface area contributed by atoms with Gasteiger partial charge in [0.1, 0.15) is 0 Å². The smallest absolute Gasteiger partial charge is 0.321 e. The van der Waals surface area contributed by atoms with Crippen LogP contribution >= 0.6 is 0 Å². The quantitative estimate of drug-likeness (QED) is 0.772. The highest BCUT2D eigenvalue weighted by Crippen LogP contribution is 2.23. The Kier molecular flexibility index (Phi) is 7.21. The number of piperidine rings is 1. The molecule has 1 heterocycles. The van der Waals surface area contributed by atoms with Gasteiger partial charge in [0.2, 0.25) is 5.91 Å². The number of nitrogens with one attached hydrogen (secondary N) is 2. The molecule has 0 unspecified atom stereocenters. The average molecular weight is 375 g/mol. The maximum Gasteiger partial charge on any atom is 0.321 e. The summed E-state index contributed by atoms with van der Waals surface area (Å²) in [6.07, 6.45) is 1.21. The van der Waals surface area contributed by atoms with Gasteiger partial charge in [-0.1, -0.05) is 19.9 Å². The molecule has 1 aromatic carbocycles. The predicted molar refractivity (Wildman–Crippen MR) is 105 cm³/mol. The largest absolute Gasteiger partial charge is 0.466 e. The summed E-state index contributed by atoms with van der Waals surface area (Å²) < 4.78 is 5.06. The fourth-order valence-electron chi connectivity index (χ4n) is 2.89. The number of aryl methyl sites for hydroxylation is 1. The van der Waals surface area contributed by atoms with Crippen molar-refractivity contribution in [2.45, 2.75) is 40.5 Å². The summed E-state index contributed by atoms with van der Waals surface area (Å²) in [4.78, 5) is 38.0. The molecule has 0 radical (unpaired) electrons. The highest BCUT2D eigenvalue weighted by Gasteiger charge is 2.28. The number of benzene rings is 1. The number of likely N-dealkylation sites (tertiary alicyclic amines) is 1. The van der Waals surface area contributed by atoms with Crippen molar-refractivity contribution < 1.29 is 19.1 Å². The van der Waals surface area contributed by atoms with Crippen LogP contribution in [0, 0.1) is 18.8 Å². The summed E-state index contributed by atoms with van der Waals surface area (Å²) in [6.45, 7) is 8.74. The zero-order valence-electron chi connectivity index (χ0n) is 16.5. The van der Waals surface area contributed by atoms with Crippen LogP contribution in [0.25, 0.3) is 0 Å². The molecule has 2 rings (SSSR count). The van der Waals surface area contributed by atoms with Crippen molar-refractivity contribution in [2.24, 2.45) is 11.8 Å². The van der Waals surface area contributed by atoms with Gasteiger partial charge in [0, 0.05) is 30.4 Å². The molecular formula is C20H29N3O4. The molecule has 0 bridgehead atoms. The van der Waals surface area contributed by atoms with Crippen LogP contribution < -0.4 is 10.6 Å². The fourth-order valence-corrected chi connectivity index (χ4v) is 2.89. The van der Waals surface area contributed by atoms with E-state index in [9.17, 15) is 14.4 Å². The van der Waals surface area contributed by atoms with Gasteiger partial charge < -0.3 is 20.3 Å². The Hall–Kier alpha value is -2.57. The molecule has 2 N–H and O–H groups in total. The summed E-state index contributed by atoms with van der Waals surface area (Å²) >= 11 is 0. The van der Waals surface area contributed by atoms with Gasteiger partial charge in [-0.05, 0) is 44.4 Å². The van der Waals surface area contributed by atoms with Crippen molar-refractivity contribution in [1.82, 2.24) is 4.90 Å². The van der Waals surface area contributed by atoms with E-state index in [0.29, 0.717) is 43.9 Å². The Labute approximate surface area is 160 Å². The number of amides is 3. The third-order valence-electron chi connectivity index (χ3n) is 4.67. The zero-order chi connectivity index (χ0) is 20.0. The van der Waals surface area contributed by atoms with Crippen LogP contribution in [0.1, 0.15) is 39.2 Å². The molecule has 0 spiro atoms. The van der Waals surface area contributed by atoms with Crippen LogP contribution in [0.3, 0.4) is 0 Å². The molecular weight excluding hydrogens is 346 g/mol. The van der Waals surface area contributed by atoms with Crippen molar-refractivity contribution in [3.05, 3.63) is 23.8 Å². The van der Waals surface area contributed by atoms with Gasteiger partial charge >= 0.3 is 12.0 Å². The summed E-state index contributed by atoms with van der Waals surface area (Å²) in [6, 6.07) is 5.24. The minimum Gasteiger partial charge on any atom is -0.466 e. The zero-order valence-corrected chi connectivity index (χ0v) is 16.5. The van der Waals surface area contributed by atoms with Crippen LogP contribution in [0.2, 0.25) is 0 Å². The van der Waals surface area contributed by atoms with Gasteiger partial charge in [-0.3, -0.25) is 9.59 Å². The molecule has 1 aliphatic heterocycles. The third-order valence-corrected chi connectivity index (χ3v) is 4.67. The molecule has 3 amide bonds. The minimum absolute atomic E-state index is 0.0721. The average Bonchev–Trinajstić information content (AvgIpc) is 2.64. The monoisotopic (exact) mass is 375 g/mol. The van der Waals surface area contributed by atoms with Crippen molar-refractivity contribution >= 4 is 29.3 Å². The Morgan fingerprint density at radius 1 is 1.19 bits per heavy atom. The maximum atomic E-state index is 12.6. The molecule has 7 heteroatoms. The number of esters is 1. The van der Waals surface area contributed by atoms with Crippen LogP contribution in [0.4, 0.5) is 16.2 Å². The SMILES string of the molecule is CCOC(=O)C1CCN(C(=O)Nc2cc(NC(=O)C(C)C)ccc2C)CC1. The molecule has 1 aliphatic rings. The van der Waals surface area contributed by atoms with E-state index in [1.165, 1.54) is 0 Å². The minimum atomic E-state index is -0.201. The number of anilines is 2. The van der Waals surface area contributed by atoms with Crippen LogP contribution in [0.15, 0.2) is 18.2 Å². The summed E-state index contributed by atoms with van der Waals surface area (Å²) in [5, 5.41) is 5.75. The number of nitrogens with zero attached hydrogens (tertiary/aromatic N) is 1.